The number of ether oxygens (including phenoxy) is 1. The van der Waals surface area contributed by atoms with E-state index in [0.717, 1.165) is 10.6 Å². The number of hydrogen-bond acceptors (Lipinski definition) is 5. The highest BCUT2D eigenvalue weighted by Crippen LogP contribution is 2.19. The smallest absolute Gasteiger partial charge is 0.345 e. The van der Waals surface area contributed by atoms with Crippen LogP contribution < -0.4 is 25.6 Å². The van der Waals surface area contributed by atoms with Crippen molar-refractivity contribution in [1.29, 1.82) is 0 Å². The zero-order chi connectivity index (χ0) is 26.8. The summed E-state index contributed by atoms with van der Waals surface area (Å²) in [4.78, 5) is 53.4. The van der Waals surface area contributed by atoms with Gasteiger partial charge in [0.1, 0.15) is 18.8 Å². The monoisotopic (exact) mass is 502 g/mol. The molecule has 0 heterocycles. The van der Waals surface area contributed by atoms with Crippen molar-refractivity contribution in [3.8, 4) is 5.75 Å². The summed E-state index contributed by atoms with van der Waals surface area (Å²) in [7, 11) is 3.22. The number of anilines is 2. The number of primary amides is 1. The maximum absolute atomic E-state index is 12.8. The second kappa shape index (κ2) is 12.7. The summed E-state index contributed by atoms with van der Waals surface area (Å²) in [6.45, 7) is -1.10. The summed E-state index contributed by atoms with van der Waals surface area (Å²) < 4.78 is 5.59. The van der Waals surface area contributed by atoms with Gasteiger partial charge in [0, 0.05) is 31.5 Å². The summed E-state index contributed by atoms with van der Waals surface area (Å²) >= 11 is 0. The molecule has 10 nitrogen and oxygen atoms in total. The normalized spacial score (nSPS) is 10.2. The Bertz CT molecular complexity index is 1240. The van der Waals surface area contributed by atoms with Gasteiger partial charge >= 0.3 is 6.03 Å². The minimum atomic E-state index is -0.814. The van der Waals surface area contributed by atoms with Crippen molar-refractivity contribution < 1.29 is 23.9 Å². The Kier molecular flexibility index (Phi) is 9.20. The van der Waals surface area contributed by atoms with Crippen molar-refractivity contribution in [3.63, 3.8) is 0 Å². The fourth-order valence-electron chi connectivity index (χ4n) is 3.31. The maximum Gasteiger partial charge on any atom is 0.345 e. The van der Waals surface area contributed by atoms with Crippen LogP contribution >= 0.6 is 0 Å². The third-order valence-electron chi connectivity index (χ3n) is 5.38. The Morgan fingerprint density at radius 2 is 1.32 bits per heavy atom. The van der Waals surface area contributed by atoms with Crippen LogP contribution in [0.2, 0.25) is 0 Å². The molecule has 1 radical (unpaired) electrons. The van der Waals surface area contributed by atoms with E-state index in [0.29, 0.717) is 11.4 Å². The Hall–Kier alpha value is -4.86. The van der Waals surface area contributed by atoms with Crippen LogP contribution in [0.5, 0.6) is 5.75 Å². The largest absolute Gasteiger partial charge is 0.484 e. The lowest BCUT2D eigenvalue weighted by Crippen LogP contribution is -2.46. The highest BCUT2D eigenvalue weighted by Gasteiger charge is 2.23. The van der Waals surface area contributed by atoms with Gasteiger partial charge in [0.15, 0.2) is 6.61 Å². The molecule has 0 aromatic heterocycles. The summed E-state index contributed by atoms with van der Waals surface area (Å²) in [6, 6.07) is 23.5. The third kappa shape index (κ3) is 7.82. The topological polar surface area (TPSA) is 127 Å². The number of hydrogen-bond donors (Lipinski definition) is 1. The van der Waals surface area contributed by atoms with E-state index in [4.69, 9.17) is 10.5 Å². The van der Waals surface area contributed by atoms with Crippen LogP contribution in [0.3, 0.4) is 0 Å². The number of carbonyl (C=O) groups is 4. The lowest BCUT2D eigenvalue weighted by molar-refractivity contribution is -0.121. The van der Waals surface area contributed by atoms with Crippen molar-refractivity contribution in [3.05, 3.63) is 84.9 Å². The van der Waals surface area contributed by atoms with Crippen molar-refractivity contribution in [1.82, 2.24) is 10.2 Å². The number of likely N-dealkylation sites (N-methyl/N-ethyl adjacent to an activating group) is 2. The maximum atomic E-state index is 12.8. The van der Waals surface area contributed by atoms with Crippen molar-refractivity contribution in [2.75, 3.05) is 43.6 Å². The van der Waals surface area contributed by atoms with Crippen molar-refractivity contribution in [2.45, 2.75) is 0 Å². The van der Waals surface area contributed by atoms with Gasteiger partial charge in [0.2, 0.25) is 11.8 Å². The molecule has 2 N–H and O–H groups in total. The first kappa shape index (κ1) is 26.7. The molecule has 0 unspecified atom stereocenters. The molecule has 0 aliphatic carbocycles. The molecule has 37 heavy (non-hydrogen) atoms. The SMILES string of the molecule is CN(C(=O)COc1cccc([N]C(=O)N(CC(N)=O)CC(=O)N(C)c2ccccc2)c1)c1ccccc1. The summed E-state index contributed by atoms with van der Waals surface area (Å²) in [5.41, 5.74) is 6.88. The number of nitrogens with two attached hydrogens (primary N) is 1. The lowest BCUT2D eigenvalue weighted by Gasteiger charge is -2.24. The lowest BCUT2D eigenvalue weighted by atomic mass is 10.3. The molecule has 5 amide bonds. The van der Waals surface area contributed by atoms with Gasteiger partial charge in [-0.25, -0.2) is 4.79 Å². The van der Waals surface area contributed by atoms with Gasteiger partial charge in [-0.1, -0.05) is 42.5 Å². The molecule has 10 heteroatoms. The highest BCUT2D eigenvalue weighted by molar-refractivity contribution is 5.97. The van der Waals surface area contributed by atoms with Crippen LogP contribution in [0.15, 0.2) is 84.9 Å². The zero-order valence-electron chi connectivity index (χ0n) is 20.6. The first-order chi connectivity index (χ1) is 17.7. The number of nitrogens with zero attached hydrogens (tertiary/aromatic N) is 4. The van der Waals surface area contributed by atoms with Gasteiger partial charge in [-0.2, -0.15) is 5.32 Å². The number of amides is 5. The summed E-state index contributed by atoms with van der Waals surface area (Å²) in [5.74, 6) is -1.14. The molecular formula is C27H28N5O5. The van der Waals surface area contributed by atoms with E-state index in [2.05, 4.69) is 5.32 Å². The Balaban J connectivity index is 1.62. The third-order valence-corrected chi connectivity index (χ3v) is 5.38. The van der Waals surface area contributed by atoms with Crippen LogP contribution in [-0.4, -0.2) is 62.4 Å². The second-order valence-electron chi connectivity index (χ2n) is 8.08. The van der Waals surface area contributed by atoms with E-state index >= 15 is 0 Å². The van der Waals surface area contributed by atoms with Gasteiger partial charge < -0.3 is 25.2 Å². The number of urea groups is 1. The average molecular weight is 503 g/mol. The van der Waals surface area contributed by atoms with Crippen LogP contribution in [-0.2, 0) is 14.4 Å². The van der Waals surface area contributed by atoms with Gasteiger partial charge in [0.05, 0.1) is 5.69 Å². The average Bonchev–Trinajstić information content (AvgIpc) is 2.91. The fourth-order valence-corrected chi connectivity index (χ4v) is 3.31. The molecule has 3 rings (SSSR count). The van der Waals surface area contributed by atoms with E-state index < -0.39 is 30.9 Å². The number of rotatable bonds is 10. The van der Waals surface area contributed by atoms with Crippen molar-refractivity contribution >= 4 is 40.8 Å². The zero-order valence-corrected chi connectivity index (χ0v) is 20.6. The standard InChI is InChI=1S/C27H28N5O5/c1-30(21-11-5-3-6-12-21)25(34)18-32(17-24(28)33)27(36)29-20-10-9-15-23(16-20)37-19-26(35)31(2)22-13-7-4-8-14-22/h3-16H,17-19H2,1-2H3,(H2,28,33). The highest BCUT2D eigenvalue weighted by atomic mass is 16.5. The van der Waals surface area contributed by atoms with E-state index in [1.165, 1.54) is 15.9 Å². The Morgan fingerprint density at radius 1 is 0.757 bits per heavy atom. The van der Waals surface area contributed by atoms with E-state index in [9.17, 15) is 19.2 Å². The van der Waals surface area contributed by atoms with Crippen LogP contribution in [0.25, 0.3) is 0 Å². The molecule has 0 saturated heterocycles. The van der Waals surface area contributed by atoms with Gasteiger partial charge in [-0.05, 0) is 36.4 Å². The van der Waals surface area contributed by atoms with Gasteiger partial charge in [0.25, 0.3) is 5.91 Å². The molecular weight excluding hydrogens is 474 g/mol. The minimum Gasteiger partial charge on any atom is -0.484 e. The molecule has 3 aromatic carbocycles. The first-order valence-corrected chi connectivity index (χ1v) is 11.4. The van der Waals surface area contributed by atoms with Crippen LogP contribution in [0.4, 0.5) is 21.9 Å². The molecule has 3 aromatic rings. The first-order valence-electron chi connectivity index (χ1n) is 11.4. The number of benzene rings is 3. The molecule has 0 bridgehead atoms. The molecule has 0 aliphatic rings. The molecule has 0 aliphatic heterocycles. The molecule has 0 saturated carbocycles. The molecule has 191 valence electrons. The Morgan fingerprint density at radius 3 is 1.89 bits per heavy atom. The van der Waals surface area contributed by atoms with Crippen LogP contribution in [0, 0.1) is 0 Å². The fraction of sp³-hybridized carbons (Fsp3) is 0.185. The van der Waals surface area contributed by atoms with Gasteiger partial charge in [-0.3, -0.25) is 14.4 Å². The van der Waals surface area contributed by atoms with Crippen molar-refractivity contribution in [2.24, 2.45) is 5.73 Å². The molecule has 0 spiro atoms. The summed E-state index contributed by atoms with van der Waals surface area (Å²) in [6.07, 6.45) is 0. The number of carbonyl (C=O) groups excluding carboxylic acids is 4. The minimum absolute atomic E-state index is 0.225. The van der Waals surface area contributed by atoms with E-state index in [1.807, 2.05) is 36.4 Å². The predicted octanol–water partition coefficient (Wildman–Crippen LogP) is 2.53. The van der Waals surface area contributed by atoms with Crippen LogP contribution in [0.1, 0.15) is 0 Å². The van der Waals surface area contributed by atoms with Gasteiger partial charge in [-0.15, -0.1) is 0 Å². The molecule has 0 fully saturated rings. The summed E-state index contributed by atoms with van der Waals surface area (Å²) in [5, 5.41) is 4.00. The Labute approximate surface area is 215 Å². The number of para-hydroxylation sites is 2. The van der Waals surface area contributed by atoms with E-state index in [1.54, 1.807) is 56.6 Å². The predicted molar refractivity (Wildman–Crippen MR) is 140 cm³/mol. The van der Waals surface area contributed by atoms with E-state index in [-0.39, 0.29) is 18.2 Å². The quantitative estimate of drug-likeness (QED) is 0.456. The molecule has 0 atom stereocenters. The second-order valence-corrected chi connectivity index (χ2v) is 8.08.